The predicted molar refractivity (Wildman–Crippen MR) is 53.0 cm³/mol. The van der Waals surface area contributed by atoms with Crippen LogP contribution in [0.25, 0.3) is 0 Å². The van der Waals surface area contributed by atoms with Crippen molar-refractivity contribution in [3.05, 3.63) is 11.6 Å². The van der Waals surface area contributed by atoms with Gasteiger partial charge in [0, 0.05) is 18.6 Å². The summed E-state index contributed by atoms with van der Waals surface area (Å²) in [6.07, 6.45) is 8.13. The Hall–Kier alpha value is -0.920. The number of rotatable bonds is 0. The summed E-state index contributed by atoms with van der Waals surface area (Å²) < 4.78 is 0. The number of Topliss-reactive ketones (excluding diaryl/α,β-unsaturated/α-hetero) is 1. The van der Waals surface area contributed by atoms with Gasteiger partial charge < -0.3 is 0 Å². The molecule has 0 spiro atoms. The quantitative estimate of drug-likeness (QED) is 0.557. The second-order valence-electron chi connectivity index (χ2n) is 4.01. The number of carbonyl (C=O) groups is 1. The predicted octanol–water partition coefficient (Wildman–Crippen LogP) is 2.14. The number of hydrogen-bond acceptors (Lipinski definition) is 2. The van der Waals surface area contributed by atoms with E-state index in [1.54, 1.807) is 0 Å². The summed E-state index contributed by atoms with van der Waals surface area (Å²) in [6, 6.07) is -0.0498. The van der Waals surface area contributed by atoms with Crippen molar-refractivity contribution in [1.82, 2.24) is 0 Å². The number of nitrogens with zero attached hydrogens (tertiary/aromatic N) is 1. The average Bonchev–Trinajstić information content (AvgIpc) is 2.28. The van der Waals surface area contributed by atoms with Gasteiger partial charge in [-0.2, -0.15) is 0 Å². The molecule has 0 bridgehead atoms. The monoisotopic (exact) mass is 177 g/mol. The van der Waals surface area contributed by atoms with Gasteiger partial charge in [-0.3, -0.25) is 9.79 Å². The Morgan fingerprint density at radius 1 is 1.46 bits per heavy atom. The van der Waals surface area contributed by atoms with Gasteiger partial charge >= 0.3 is 0 Å². The minimum Gasteiger partial charge on any atom is -0.297 e. The number of allylic oxidation sites excluding steroid dienone is 1. The van der Waals surface area contributed by atoms with E-state index in [2.05, 4.69) is 18.0 Å². The molecule has 2 atom stereocenters. The van der Waals surface area contributed by atoms with Crippen LogP contribution in [0.1, 0.15) is 32.6 Å². The summed E-state index contributed by atoms with van der Waals surface area (Å²) in [5.74, 6) is 0.725. The highest BCUT2D eigenvalue weighted by Gasteiger charge is 2.29. The number of ketones is 1. The Kier molecular flexibility index (Phi) is 2.30. The standard InChI is InChI=1S/C11H15NO/c1-8-6-9-4-2-3-5-10(13)11(9)12-7-8/h6-7,9,11H,2-5H2,1H3. The molecule has 1 aliphatic heterocycles. The van der Waals surface area contributed by atoms with Crippen molar-refractivity contribution in [3.8, 4) is 0 Å². The Bertz CT molecular complexity index is 278. The van der Waals surface area contributed by atoms with E-state index in [0.717, 1.165) is 19.3 Å². The van der Waals surface area contributed by atoms with Gasteiger partial charge in [0.1, 0.15) is 6.04 Å². The lowest BCUT2D eigenvalue weighted by Gasteiger charge is -2.20. The topological polar surface area (TPSA) is 29.4 Å². The highest BCUT2D eigenvalue weighted by molar-refractivity contribution is 5.90. The summed E-state index contributed by atoms with van der Waals surface area (Å²) in [5.41, 5.74) is 1.20. The fourth-order valence-corrected chi connectivity index (χ4v) is 2.17. The first-order valence-corrected chi connectivity index (χ1v) is 5.02. The van der Waals surface area contributed by atoms with Crippen LogP contribution in [-0.2, 0) is 4.79 Å². The lowest BCUT2D eigenvalue weighted by molar-refractivity contribution is -0.120. The van der Waals surface area contributed by atoms with Crippen LogP contribution in [0.5, 0.6) is 0 Å². The lowest BCUT2D eigenvalue weighted by atomic mass is 9.91. The maximum Gasteiger partial charge on any atom is 0.157 e. The fourth-order valence-electron chi connectivity index (χ4n) is 2.17. The summed E-state index contributed by atoms with van der Waals surface area (Å²) >= 11 is 0. The molecule has 1 fully saturated rings. The van der Waals surface area contributed by atoms with Crippen LogP contribution in [0.15, 0.2) is 16.6 Å². The van der Waals surface area contributed by atoms with Crippen molar-refractivity contribution in [2.45, 2.75) is 38.6 Å². The average molecular weight is 177 g/mol. The van der Waals surface area contributed by atoms with Gasteiger partial charge in [-0.05, 0) is 25.3 Å². The van der Waals surface area contributed by atoms with Crippen LogP contribution in [0, 0.1) is 5.92 Å². The second kappa shape index (κ2) is 3.44. The van der Waals surface area contributed by atoms with Gasteiger partial charge in [0.15, 0.2) is 5.78 Å². The molecule has 2 aliphatic rings. The Morgan fingerprint density at radius 3 is 3.15 bits per heavy atom. The van der Waals surface area contributed by atoms with Crippen molar-refractivity contribution in [2.75, 3.05) is 0 Å². The highest BCUT2D eigenvalue weighted by atomic mass is 16.1. The molecular weight excluding hydrogens is 162 g/mol. The third-order valence-corrected chi connectivity index (χ3v) is 2.86. The lowest BCUT2D eigenvalue weighted by Crippen LogP contribution is -2.27. The highest BCUT2D eigenvalue weighted by Crippen LogP contribution is 2.27. The van der Waals surface area contributed by atoms with Crippen LogP contribution in [0.2, 0.25) is 0 Å². The minimum atomic E-state index is -0.0498. The molecule has 0 saturated heterocycles. The Morgan fingerprint density at radius 2 is 2.31 bits per heavy atom. The molecule has 1 heterocycles. The van der Waals surface area contributed by atoms with E-state index in [-0.39, 0.29) is 6.04 Å². The maximum atomic E-state index is 11.6. The number of carbonyl (C=O) groups excluding carboxylic acids is 1. The Labute approximate surface area is 78.7 Å². The van der Waals surface area contributed by atoms with Gasteiger partial charge in [0.2, 0.25) is 0 Å². The fraction of sp³-hybridized carbons (Fsp3) is 0.636. The molecular formula is C11H15NO. The number of aliphatic imine (C=N–C) groups is 1. The zero-order valence-corrected chi connectivity index (χ0v) is 7.99. The van der Waals surface area contributed by atoms with Crippen LogP contribution in [0.4, 0.5) is 0 Å². The number of dihydropyridines is 1. The van der Waals surface area contributed by atoms with E-state index in [1.165, 1.54) is 12.0 Å². The van der Waals surface area contributed by atoms with Crippen molar-refractivity contribution < 1.29 is 4.79 Å². The van der Waals surface area contributed by atoms with Crippen molar-refractivity contribution >= 4 is 12.0 Å². The van der Waals surface area contributed by atoms with Gasteiger partial charge in [-0.15, -0.1) is 0 Å². The summed E-state index contributed by atoms with van der Waals surface area (Å²) in [4.78, 5) is 15.9. The number of fused-ring (bicyclic) bond motifs is 1. The molecule has 2 rings (SSSR count). The molecule has 0 aromatic heterocycles. The van der Waals surface area contributed by atoms with E-state index >= 15 is 0 Å². The van der Waals surface area contributed by atoms with Gasteiger partial charge in [-0.25, -0.2) is 0 Å². The molecule has 2 nitrogen and oxygen atoms in total. The molecule has 1 saturated carbocycles. The van der Waals surface area contributed by atoms with Gasteiger partial charge in [0.25, 0.3) is 0 Å². The molecule has 0 amide bonds. The molecule has 0 radical (unpaired) electrons. The molecule has 0 aromatic rings. The maximum absolute atomic E-state index is 11.6. The first kappa shape index (κ1) is 8.67. The molecule has 70 valence electrons. The summed E-state index contributed by atoms with van der Waals surface area (Å²) in [5, 5.41) is 0. The zero-order valence-electron chi connectivity index (χ0n) is 7.99. The molecule has 0 aromatic carbocycles. The zero-order chi connectivity index (χ0) is 9.26. The summed E-state index contributed by atoms with van der Waals surface area (Å²) in [6.45, 7) is 2.05. The van der Waals surface area contributed by atoms with E-state index in [4.69, 9.17) is 0 Å². The smallest absolute Gasteiger partial charge is 0.157 e. The normalized spacial score (nSPS) is 33.6. The van der Waals surface area contributed by atoms with E-state index in [1.807, 2.05) is 6.21 Å². The van der Waals surface area contributed by atoms with Crippen LogP contribution in [-0.4, -0.2) is 18.0 Å². The molecule has 13 heavy (non-hydrogen) atoms. The second-order valence-corrected chi connectivity index (χ2v) is 4.01. The van der Waals surface area contributed by atoms with Crippen LogP contribution >= 0.6 is 0 Å². The van der Waals surface area contributed by atoms with E-state index in [0.29, 0.717) is 11.7 Å². The SMILES string of the molecule is CC1=CC2CCCCC(=O)C2N=C1. The van der Waals surface area contributed by atoms with Gasteiger partial charge in [-0.1, -0.05) is 12.5 Å². The molecule has 2 heteroatoms. The van der Waals surface area contributed by atoms with E-state index in [9.17, 15) is 4.79 Å². The van der Waals surface area contributed by atoms with E-state index < -0.39 is 0 Å². The molecule has 0 N–H and O–H groups in total. The van der Waals surface area contributed by atoms with Gasteiger partial charge in [0.05, 0.1) is 0 Å². The van der Waals surface area contributed by atoms with Crippen LogP contribution in [0.3, 0.4) is 0 Å². The number of hydrogen-bond donors (Lipinski definition) is 0. The molecule has 1 aliphatic carbocycles. The van der Waals surface area contributed by atoms with Crippen molar-refractivity contribution in [3.63, 3.8) is 0 Å². The molecule has 2 unspecified atom stereocenters. The third kappa shape index (κ3) is 1.71. The van der Waals surface area contributed by atoms with Crippen molar-refractivity contribution in [2.24, 2.45) is 10.9 Å². The third-order valence-electron chi connectivity index (χ3n) is 2.86. The Balaban J connectivity index is 2.22. The largest absolute Gasteiger partial charge is 0.297 e. The first-order valence-electron chi connectivity index (χ1n) is 5.02. The van der Waals surface area contributed by atoms with Crippen molar-refractivity contribution in [1.29, 1.82) is 0 Å². The van der Waals surface area contributed by atoms with Crippen LogP contribution < -0.4 is 0 Å². The first-order chi connectivity index (χ1) is 6.27. The minimum absolute atomic E-state index is 0.0498. The summed E-state index contributed by atoms with van der Waals surface area (Å²) in [7, 11) is 0.